The predicted octanol–water partition coefficient (Wildman–Crippen LogP) is 3.48. The van der Waals surface area contributed by atoms with Crippen LogP contribution in [0.5, 0.6) is 5.75 Å². The molecule has 0 aliphatic carbocycles. The van der Waals surface area contributed by atoms with Gasteiger partial charge in [0.2, 0.25) is 0 Å². The van der Waals surface area contributed by atoms with Gasteiger partial charge >= 0.3 is 12.0 Å². The first-order valence-electron chi connectivity index (χ1n) is 8.18. The van der Waals surface area contributed by atoms with Crippen molar-refractivity contribution in [1.82, 2.24) is 5.32 Å². The Morgan fingerprint density at radius 2 is 1.73 bits per heavy atom. The number of anilines is 1. The smallest absolute Gasteiger partial charge is 0.341 e. The molecule has 8 nitrogen and oxygen atoms in total. The van der Waals surface area contributed by atoms with Gasteiger partial charge in [0, 0.05) is 0 Å². The summed E-state index contributed by atoms with van der Waals surface area (Å²) >= 11 is 6.49. The third-order valence-corrected chi connectivity index (χ3v) is 5.04. The summed E-state index contributed by atoms with van der Waals surface area (Å²) in [4.78, 5) is 48.6. The number of carboxylic acid groups (broad SMARTS) is 1. The standard InChI is InChI=1S/C19H11Br2FN2O6/c20-13-6-9(7-14(21)16(13)30-8-15(25)26)5-12-17(27)23-19(29)24(18(12)28)11-3-1-10(22)2-4-11/h1-7H,8H2,(H,25,26)(H,23,27,29)/b12-5+. The number of barbiturate groups is 1. The van der Waals surface area contributed by atoms with E-state index in [0.717, 1.165) is 17.0 Å². The van der Waals surface area contributed by atoms with Crippen LogP contribution in [0.3, 0.4) is 0 Å². The first kappa shape index (κ1) is 21.7. The van der Waals surface area contributed by atoms with E-state index in [4.69, 9.17) is 9.84 Å². The van der Waals surface area contributed by atoms with Crippen molar-refractivity contribution in [2.45, 2.75) is 0 Å². The SMILES string of the molecule is O=C(O)COc1c(Br)cc(/C=C2\C(=O)NC(=O)N(c3ccc(F)cc3)C2=O)cc1Br. The number of rotatable bonds is 5. The second-order valence-corrected chi connectivity index (χ2v) is 7.64. The molecular weight excluding hydrogens is 531 g/mol. The van der Waals surface area contributed by atoms with Crippen molar-refractivity contribution >= 4 is 67.4 Å². The molecule has 3 rings (SSSR count). The maximum Gasteiger partial charge on any atom is 0.341 e. The minimum Gasteiger partial charge on any atom is -0.480 e. The highest BCUT2D eigenvalue weighted by Gasteiger charge is 2.36. The molecule has 0 spiro atoms. The minimum absolute atomic E-state index is 0.0945. The minimum atomic E-state index is -1.16. The summed E-state index contributed by atoms with van der Waals surface area (Å²) in [6.45, 7) is -0.562. The molecule has 11 heteroatoms. The van der Waals surface area contributed by atoms with Gasteiger partial charge in [-0.3, -0.25) is 14.9 Å². The van der Waals surface area contributed by atoms with Crippen LogP contribution in [0.1, 0.15) is 5.56 Å². The van der Waals surface area contributed by atoms with E-state index in [1.165, 1.54) is 30.3 Å². The van der Waals surface area contributed by atoms with Crippen LogP contribution in [-0.4, -0.2) is 35.5 Å². The second-order valence-electron chi connectivity index (χ2n) is 5.93. The summed E-state index contributed by atoms with van der Waals surface area (Å²) in [5, 5.41) is 10.8. The van der Waals surface area contributed by atoms with Gasteiger partial charge in [0.1, 0.15) is 17.1 Å². The molecule has 2 N–H and O–H groups in total. The largest absolute Gasteiger partial charge is 0.480 e. The van der Waals surface area contributed by atoms with Crippen molar-refractivity contribution in [2.75, 3.05) is 11.5 Å². The third-order valence-electron chi connectivity index (χ3n) is 3.86. The molecule has 2 aromatic rings. The predicted molar refractivity (Wildman–Crippen MR) is 110 cm³/mol. The lowest BCUT2D eigenvalue weighted by Gasteiger charge is -2.26. The number of imide groups is 2. The van der Waals surface area contributed by atoms with Crippen molar-refractivity contribution in [1.29, 1.82) is 0 Å². The number of aliphatic carboxylic acids is 1. The Hall–Kier alpha value is -3.05. The number of benzene rings is 2. The number of urea groups is 1. The molecule has 0 bridgehead atoms. The van der Waals surface area contributed by atoms with Crippen LogP contribution >= 0.6 is 31.9 Å². The quantitative estimate of drug-likeness (QED) is 0.442. The zero-order valence-electron chi connectivity index (χ0n) is 14.8. The van der Waals surface area contributed by atoms with Crippen LogP contribution in [-0.2, 0) is 14.4 Å². The lowest BCUT2D eigenvalue weighted by Crippen LogP contribution is -2.54. The molecule has 1 saturated heterocycles. The van der Waals surface area contributed by atoms with Crippen molar-refractivity contribution < 1.29 is 33.4 Å². The fourth-order valence-electron chi connectivity index (χ4n) is 2.58. The lowest BCUT2D eigenvalue weighted by molar-refractivity contribution is -0.139. The molecular formula is C19H11Br2FN2O6. The van der Waals surface area contributed by atoms with E-state index >= 15 is 0 Å². The first-order valence-corrected chi connectivity index (χ1v) is 9.76. The Bertz CT molecular complexity index is 1080. The monoisotopic (exact) mass is 540 g/mol. The molecule has 1 heterocycles. The summed E-state index contributed by atoms with van der Waals surface area (Å²) in [7, 11) is 0. The van der Waals surface area contributed by atoms with Crippen molar-refractivity contribution in [3.63, 3.8) is 0 Å². The van der Waals surface area contributed by atoms with Crippen LogP contribution < -0.4 is 15.0 Å². The Morgan fingerprint density at radius 1 is 1.13 bits per heavy atom. The molecule has 154 valence electrons. The highest BCUT2D eigenvalue weighted by molar-refractivity contribution is 9.11. The molecule has 30 heavy (non-hydrogen) atoms. The highest BCUT2D eigenvalue weighted by Crippen LogP contribution is 2.35. The molecule has 0 atom stereocenters. The van der Waals surface area contributed by atoms with Crippen molar-refractivity contribution in [2.24, 2.45) is 0 Å². The van der Waals surface area contributed by atoms with E-state index in [2.05, 4.69) is 37.2 Å². The van der Waals surface area contributed by atoms with Crippen LogP contribution in [0, 0.1) is 5.82 Å². The maximum absolute atomic E-state index is 13.2. The Labute approximate surface area is 185 Å². The zero-order chi connectivity index (χ0) is 22.0. The Kier molecular flexibility index (Phi) is 6.32. The highest BCUT2D eigenvalue weighted by atomic mass is 79.9. The van der Waals surface area contributed by atoms with E-state index in [0.29, 0.717) is 14.5 Å². The number of carboxylic acids is 1. The number of carbonyl (C=O) groups is 4. The summed E-state index contributed by atoms with van der Waals surface area (Å²) < 4.78 is 19.1. The topological polar surface area (TPSA) is 113 Å². The maximum atomic E-state index is 13.2. The number of nitrogens with zero attached hydrogens (tertiary/aromatic N) is 1. The molecule has 1 aliphatic rings. The molecule has 0 aromatic heterocycles. The van der Waals surface area contributed by atoms with Gasteiger partial charge in [-0.1, -0.05) is 0 Å². The molecule has 1 fully saturated rings. The number of hydrogen-bond donors (Lipinski definition) is 2. The third kappa shape index (κ3) is 4.57. The van der Waals surface area contributed by atoms with Crippen LogP contribution in [0.2, 0.25) is 0 Å². The fourth-order valence-corrected chi connectivity index (χ4v) is 4.03. The average molecular weight is 542 g/mol. The van der Waals surface area contributed by atoms with Gasteiger partial charge in [-0.2, -0.15) is 0 Å². The van der Waals surface area contributed by atoms with Gasteiger partial charge in [0.25, 0.3) is 11.8 Å². The molecule has 1 aliphatic heterocycles. The van der Waals surface area contributed by atoms with E-state index in [-0.39, 0.29) is 17.0 Å². The summed E-state index contributed by atoms with van der Waals surface area (Å²) in [6.07, 6.45) is 1.26. The van der Waals surface area contributed by atoms with Gasteiger partial charge < -0.3 is 9.84 Å². The Morgan fingerprint density at radius 3 is 2.30 bits per heavy atom. The lowest BCUT2D eigenvalue weighted by atomic mass is 10.1. The number of halogens is 3. The molecule has 0 radical (unpaired) electrons. The molecule has 2 aromatic carbocycles. The van der Waals surface area contributed by atoms with E-state index < -0.39 is 36.2 Å². The average Bonchev–Trinajstić information content (AvgIpc) is 2.65. The number of amides is 4. The number of hydrogen-bond acceptors (Lipinski definition) is 5. The van der Waals surface area contributed by atoms with Gasteiger partial charge in [-0.25, -0.2) is 18.9 Å². The van der Waals surface area contributed by atoms with Gasteiger partial charge in [0.15, 0.2) is 6.61 Å². The van der Waals surface area contributed by atoms with Crippen molar-refractivity contribution in [3.8, 4) is 5.75 Å². The molecule has 4 amide bonds. The van der Waals surface area contributed by atoms with Crippen LogP contribution in [0.15, 0.2) is 50.9 Å². The summed E-state index contributed by atoms with van der Waals surface area (Å²) in [5.41, 5.74) is 0.164. The van der Waals surface area contributed by atoms with Crippen molar-refractivity contribution in [3.05, 3.63) is 62.3 Å². The van der Waals surface area contributed by atoms with Crippen LogP contribution in [0.25, 0.3) is 6.08 Å². The van der Waals surface area contributed by atoms with Gasteiger partial charge in [-0.15, -0.1) is 0 Å². The normalized spacial score (nSPS) is 15.4. The summed E-state index contributed by atoms with van der Waals surface area (Å²) in [6, 6.07) is 6.71. The van der Waals surface area contributed by atoms with E-state index in [1.807, 2.05) is 0 Å². The summed E-state index contributed by atoms with van der Waals surface area (Å²) in [5.74, 6) is -3.25. The van der Waals surface area contributed by atoms with E-state index in [1.54, 1.807) is 0 Å². The molecule has 0 unspecified atom stereocenters. The first-order chi connectivity index (χ1) is 14.2. The number of carbonyl (C=O) groups excluding carboxylic acids is 3. The van der Waals surface area contributed by atoms with Crippen LogP contribution in [0.4, 0.5) is 14.9 Å². The Balaban J connectivity index is 1.96. The molecule has 0 saturated carbocycles. The van der Waals surface area contributed by atoms with Gasteiger partial charge in [-0.05, 0) is 79.9 Å². The second kappa shape index (κ2) is 8.76. The van der Waals surface area contributed by atoms with Gasteiger partial charge in [0.05, 0.1) is 14.6 Å². The fraction of sp³-hybridized carbons (Fsp3) is 0.0526. The number of ether oxygens (including phenoxy) is 1. The number of nitrogens with one attached hydrogen (secondary N) is 1. The zero-order valence-corrected chi connectivity index (χ0v) is 18.0. The van der Waals surface area contributed by atoms with E-state index in [9.17, 15) is 23.6 Å².